The van der Waals surface area contributed by atoms with Crippen LogP contribution in [0.1, 0.15) is 101 Å². The Morgan fingerprint density at radius 1 is 0.918 bits per heavy atom. The van der Waals surface area contributed by atoms with Gasteiger partial charge in [-0.3, -0.25) is 39.1 Å². The van der Waals surface area contributed by atoms with Gasteiger partial charge in [0.15, 0.2) is 0 Å². The molecule has 3 aliphatic heterocycles. The molecule has 5 aliphatic rings. The first kappa shape index (κ1) is 42.1. The van der Waals surface area contributed by atoms with E-state index in [1.807, 2.05) is 0 Å². The molecule has 2 aromatic carbocycles. The monoisotopic (exact) mass is 852 g/mol. The van der Waals surface area contributed by atoms with Crippen molar-refractivity contribution in [3.8, 4) is 17.6 Å². The number of nitrogens with one attached hydrogen (secondary N) is 2. The van der Waals surface area contributed by atoms with Crippen molar-refractivity contribution in [3.05, 3.63) is 76.2 Å². The zero-order valence-corrected chi connectivity index (χ0v) is 34.8. The number of aromatic nitrogens is 2. The molecule has 1 aromatic heterocycles. The van der Waals surface area contributed by atoms with Crippen LogP contribution < -0.4 is 25.0 Å². The fourth-order valence-electron chi connectivity index (χ4n) is 8.99. The van der Waals surface area contributed by atoms with Crippen LogP contribution >= 0.6 is 11.6 Å². The average Bonchev–Trinajstić information content (AvgIpc) is 3.49. The Balaban J connectivity index is 0.767. The number of imide groups is 2. The van der Waals surface area contributed by atoms with Crippen molar-refractivity contribution in [2.75, 3.05) is 44.8 Å². The fourth-order valence-corrected chi connectivity index (χ4v) is 9.21. The van der Waals surface area contributed by atoms with Crippen molar-refractivity contribution in [3.63, 3.8) is 0 Å². The molecule has 0 radical (unpaired) electrons. The Morgan fingerprint density at radius 2 is 1.64 bits per heavy atom. The highest BCUT2D eigenvalue weighted by molar-refractivity contribution is 6.31. The Labute approximate surface area is 358 Å². The van der Waals surface area contributed by atoms with Gasteiger partial charge in [-0.25, -0.2) is 9.97 Å². The van der Waals surface area contributed by atoms with E-state index in [1.54, 1.807) is 55.9 Å². The Bertz CT molecular complexity index is 2200. The molecule has 0 unspecified atom stereocenters. The summed E-state index contributed by atoms with van der Waals surface area (Å²) in [5.74, 6) is -0.00609. The van der Waals surface area contributed by atoms with Gasteiger partial charge in [-0.15, -0.1) is 0 Å². The van der Waals surface area contributed by atoms with Crippen LogP contribution in [0.3, 0.4) is 0 Å². The van der Waals surface area contributed by atoms with Crippen LogP contribution in [0.25, 0.3) is 0 Å². The Morgan fingerprint density at radius 3 is 2.33 bits per heavy atom. The number of nitriles is 1. The fraction of sp³-hybridized carbons (Fsp3) is 0.500. The molecule has 1 atom stereocenters. The van der Waals surface area contributed by atoms with Gasteiger partial charge in [-0.1, -0.05) is 11.6 Å². The smallest absolute Gasteiger partial charge is 0.271 e. The molecule has 17 heteroatoms. The molecule has 5 amide bonds. The van der Waals surface area contributed by atoms with E-state index >= 15 is 0 Å². The molecular formula is C44H49ClN8O8. The number of carbonyl (C=O) groups excluding carboxylic acids is 5. The largest absolute Gasteiger partial charge is 0.490 e. The minimum atomic E-state index is -1.01. The lowest BCUT2D eigenvalue weighted by molar-refractivity contribution is -0.136. The molecule has 2 N–H and O–H groups in total. The molecule has 0 spiro atoms. The number of carbonyl (C=O) groups is 5. The Hall–Kier alpha value is -5.63. The van der Waals surface area contributed by atoms with Gasteiger partial charge >= 0.3 is 0 Å². The van der Waals surface area contributed by atoms with Crippen molar-refractivity contribution < 1.29 is 38.2 Å². The number of anilines is 1. The molecule has 2 aliphatic carbocycles. The summed E-state index contributed by atoms with van der Waals surface area (Å²) in [6.07, 6.45) is 10.1. The maximum Gasteiger partial charge on any atom is 0.271 e. The van der Waals surface area contributed by atoms with Gasteiger partial charge < -0.3 is 24.4 Å². The molecule has 61 heavy (non-hydrogen) atoms. The summed E-state index contributed by atoms with van der Waals surface area (Å²) in [6.45, 7) is 4.02. The molecule has 16 nitrogen and oxygen atoms in total. The summed E-state index contributed by atoms with van der Waals surface area (Å²) in [6, 6.07) is 11.3. The second-order valence-electron chi connectivity index (χ2n) is 16.5. The van der Waals surface area contributed by atoms with Gasteiger partial charge in [0.2, 0.25) is 11.8 Å². The van der Waals surface area contributed by atoms with Crippen LogP contribution in [0, 0.1) is 17.2 Å². The number of nitrogens with zero attached hydrogens (tertiary/aromatic N) is 6. The number of amides is 5. The molecule has 8 rings (SSSR count). The van der Waals surface area contributed by atoms with E-state index in [-0.39, 0.29) is 53.8 Å². The number of ether oxygens (including phenoxy) is 3. The second-order valence-corrected chi connectivity index (χ2v) is 16.9. The number of methoxy groups -OCH3 is 1. The van der Waals surface area contributed by atoms with Crippen molar-refractivity contribution in [1.29, 1.82) is 5.26 Å². The van der Waals surface area contributed by atoms with Gasteiger partial charge in [-0.05, 0) is 81.2 Å². The number of fused-ring (bicyclic) bond motifs is 1. The molecule has 2 saturated carbocycles. The van der Waals surface area contributed by atoms with Crippen LogP contribution in [0.5, 0.6) is 11.5 Å². The standard InChI is InChI=1S/C44H49ClN8O8/c1-59-17-16-52(29-18-33(19-29)61-31-8-9-34-35(20-31)44(58)53(43(34)57)38-10-11-40(54)50-42(38)56)25-26-12-14-51(15-13-26)39-24-47-37(23-48-39)41(55)49-28-3-6-30(7-4-28)60-32-5-2-27(22-46)36(45)21-32/h2,5,8-9,20-21,23-24,26,28-30,33,38H,3-4,6-7,10-19,25H2,1H3,(H,49,55)(H,50,54,56)/t28?,29?,30?,33?,38-/m1/s1. The van der Waals surface area contributed by atoms with Gasteiger partial charge in [-0.2, -0.15) is 5.26 Å². The van der Waals surface area contributed by atoms with E-state index in [4.69, 9.17) is 31.1 Å². The third-order valence-electron chi connectivity index (χ3n) is 12.6. The van der Waals surface area contributed by atoms with Gasteiger partial charge in [0.1, 0.15) is 41.2 Å². The molecule has 320 valence electrons. The third kappa shape index (κ3) is 9.49. The molecule has 3 aromatic rings. The summed E-state index contributed by atoms with van der Waals surface area (Å²) in [5.41, 5.74) is 1.13. The van der Waals surface area contributed by atoms with E-state index in [1.165, 1.54) is 0 Å². The Kier molecular flexibility index (Phi) is 12.8. The van der Waals surface area contributed by atoms with E-state index < -0.39 is 29.7 Å². The summed E-state index contributed by atoms with van der Waals surface area (Å²) in [5, 5.41) is 14.8. The van der Waals surface area contributed by atoms with Crippen LogP contribution in [-0.4, -0.2) is 120 Å². The number of rotatable bonds is 14. The van der Waals surface area contributed by atoms with Crippen molar-refractivity contribution >= 4 is 47.0 Å². The number of halogens is 1. The predicted molar refractivity (Wildman–Crippen MR) is 221 cm³/mol. The highest BCUT2D eigenvalue weighted by Crippen LogP contribution is 2.35. The lowest BCUT2D eigenvalue weighted by atomic mass is 9.86. The lowest BCUT2D eigenvalue weighted by Crippen LogP contribution is -2.54. The van der Waals surface area contributed by atoms with Crippen LogP contribution in [0.2, 0.25) is 5.02 Å². The molecule has 4 fully saturated rings. The number of hydrogen-bond donors (Lipinski definition) is 2. The van der Waals surface area contributed by atoms with Gasteiger partial charge in [0, 0.05) is 70.7 Å². The van der Waals surface area contributed by atoms with Crippen molar-refractivity contribution in [2.45, 2.75) is 94.5 Å². The first-order chi connectivity index (χ1) is 29.6. The van der Waals surface area contributed by atoms with Crippen molar-refractivity contribution in [2.24, 2.45) is 5.92 Å². The highest BCUT2D eigenvalue weighted by Gasteiger charge is 2.45. The minimum absolute atomic E-state index is 0.0105. The molecular weight excluding hydrogens is 804 g/mol. The second kappa shape index (κ2) is 18.6. The summed E-state index contributed by atoms with van der Waals surface area (Å²) in [7, 11) is 1.71. The van der Waals surface area contributed by atoms with E-state index in [0.29, 0.717) is 40.7 Å². The number of benzene rings is 2. The molecule has 0 bridgehead atoms. The predicted octanol–water partition coefficient (Wildman–Crippen LogP) is 4.30. The van der Waals surface area contributed by atoms with Gasteiger partial charge in [0.05, 0.1) is 46.8 Å². The van der Waals surface area contributed by atoms with Crippen LogP contribution in [0.15, 0.2) is 48.8 Å². The number of hydrogen-bond acceptors (Lipinski definition) is 13. The van der Waals surface area contributed by atoms with E-state index in [0.717, 1.165) is 88.3 Å². The summed E-state index contributed by atoms with van der Waals surface area (Å²) in [4.78, 5) is 78.3. The topological polar surface area (TPSA) is 196 Å². The third-order valence-corrected chi connectivity index (χ3v) is 12.9. The van der Waals surface area contributed by atoms with Crippen LogP contribution in [-0.2, 0) is 14.3 Å². The molecule has 4 heterocycles. The van der Waals surface area contributed by atoms with E-state index in [2.05, 4.69) is 36.5 Å². The maximum atomic E-state index is 13.3. The maximum absolute atomic E-state index is 13.3. The zero-order valence-electron chi connectivity index (χ0n) is 34.0. The number of piperidine rings is 2. The van der Waals surface area contributed by atoms with Crippen molar-refractivity contribution in [1.82, 2.24) is 30.4 Å². The summed E-state index contributed by atoms with van der Waals surface area (Å²) < 4.78 is 17.8. The van der Waals surface area contributed by atoms with E-state index in [9.17, 15) is 24.0 Å². The normalized spacial score (nSPS) is 24.2. The summed E-state index contributed by atoms with van der Waals surface area (Å²) >= 11 is 6.15. The molecule has 2 saturated heterocycles. The van der Waals surface area contributed by atoms with Gasteiger partial charge in [0.25, 0.3) is 17.7 Å². The quantitative estimate of drug-likeness (QED) is 0.218. The minimum Gasteiger partial charge on any atom is -0.490 e. The SMILES string of the molecule is COCCN(CC1CCN(c2cnc(C(=O)NC3CCC(Oc4ccc(C#N)c(Cl)c4)CC3)cn2)CC1)C1CC(Oc2ccc3c(c2)C(=O)N([C@@H]2CCC(=O)NC2=O)C3=O)C1. The van der Waals surface area contributed by atoms with Crippen LogP contribution in [0.4, 0.5) is 5.82 Å². The lowest BCUT2D eigenvalue weighted by Gasteiger charge is -2.45. The zero-order chi connectivity index (χ0) is 42.6. The first-order valence-electron chi connectivity index (χ1n) is 21.1. The highest BCUT2D eigenvalue weighted by atomic mass is 35.5. The average molecular weight is 853 g/mol. The first-order valence-corrected chi connectivity index (χ1v) is 21.4.